The molecule has 0 saturated heterocycles. The van der Waals surface area contributed by atoms with Crippen LogP contribution in [-0.2, 0) is 0 Å². The number of halogens is 1. The van der Waals surface area contributed by atoms with E-state index in [0.717, 1.165) is 0 Å². The van der Waals surface area contributed by atoms with Crippen LogP contribution in [0.1, 0.15) is 0 Å². The van der Waals surface area contributed by atoms with Gasteiger partial charge in [-0.05, 0) is 0 Å². The van der Waals surface area contributed by atoms with Gasteiger partial charge in [-0.3, -0.25) is 0 Å². The predicted octanol–water partition coefficient (Wildman–Crippen LogP) is 1.81. The number of nitrogens with one attached hydrogen (secondary N) is 1. The molecule has 0 unspecified atom stereocenters. The summed E-state index contributed by atoms with van der Waals surface area (Å²) in [7, 11) is 0. The van der Waals surface area contributed by atoms with E-state index in [4.69, 9.17) is 4.42 Å². The zero-order valence-electron chi connectivity index (χ0n) is 5.54. The highest BCUT2D eigenvalue weighted by atomic mass is 19.1. The number of oxazole rings is 1. The van der Waals surface area contributed by atoms with Gasteiger partial charge in [0, 0.05) is 12.3 Å². The van der Waals surface area contributed by atoms with E-state index in [2.05, 4.69) is 9.97 Å². The first-order valence-corrected chi connectivity index (χ1v) is 3.09. The standard InChI is InChI=1S/C7H5FN2O/c8-5-1-6(9-2-5)7-3-11-4-10-7/h1-4,9H. The van der Waals surface area contributed by atoms with Crippen LogP contribution in [0.3, 0.4) is 0 Å². The Bertz CT molecular complexity index is 339. The van der Waals surface area contributed by atoms with E-state index < -0.39 is 0 Å². The average molecular weight is 152 g/mol. The van der Waals surface area contributed by atoms with E-state index in [0.29, 0.717) is 11.4 Å². The Morgan fingerprint density at radius 1 is 1.55 bits per heavy atom. The van der Waals surface area contributed by atoms with Crippen LogP contribution < -0.4 is 0 Å². The molecule has 11 heavy (non-hydrogen) atoms. The fraction of sp³-hybridized carbons (Fsp3) is 0. The number of nitrogens with zero attached hydrogens (tertiary/aromatic N) is 1. The minimum atomic E-state index is -0.303. The Morgan fingerprint density at radius 3 is 3.00 bits per heavy atom. The fourth-order valence-electron chi connectivity index (χ4n) is 0.861. The second kappa shape index (κ2) is 2.23. The molecular formula is C7H5FN2O. The van der Waals surface area contributed by atoms with E-state index in [1.165, 1.54) is 24.9 Å². The topological polar surface area (TPSA) is 41.8 Å². The lowest BCUT2D eigenvalue weighted by Gasteiger charge is -1.83. The zero-order valence-corrected chi connectivity index (χ0v) is 5.54. The Hall–Kier alpha value is -1.58. The number of aromatic nitrogens is 2. The molecule has 0 aliphatic heterocycles. The highest BCUT2D eigenvalue weighted by Gasteiger charge is 2.02. The third kappa shape index (κ3) is 1.02. The summed E-state index contributed by atoms with van der Waals surface area (Å²) < 4.78 is 17.2. The molecule has 0 atom stereocenters. The van der Waals surface area contributed by atoms with Gasteiger partial charge in [0.1, 0.15) is 17.8 Å². The minimum Gasteiger partial charge on any atom is -0.451 e. The lowest BCUT2D eigenvalue weighted by atomic mass is 10.3. The molecule has 0 spiro atoms. The molecule has 0 bridgehead atoms. The maximum absolute atomic E-state index is 12.4. The van der Waals surface area contributed by atoms with Crippen molar-refractivity contribution in [3.63, 3.8) is 0 Å². The third-order valence-corrected chi connectivity index (χ3v) is 1.36. The lowest BCUT2D eigenvalue weighted by molar-refractivity contribution is 0.558. The smallest absolute Gasteiger partial charge is 0.181 e. The first kappa shape index (κ1) is 6.15. The van der Waals surface area contributed by atoms with E-state index >= 15 is 0 Å². The predicted molar refractivity (Wildman–Crippen MR) is 36.2 cm³/mol. The van der Waals surface area contributed by atoms with Crippen molar-refractivity contribution in [3.05, 3.63) is 30.7 Å². The highest BCUT2D eigenvalue weighted by molar-refractivity contribution is 5.52. The number of aromatic amines is 1. The van der Waals surface area contributed by atoms with Gasteiger partial charge in [0.2, 0.25) is 0 Å². The Kier molecular flexibility index (Phi) is 1.25. The first-order chi connectivity index (χ1) is 5.36. The van der Waals surface area contributed by atoms with Crippen molar-refractivity contribution < 1.29 is 8.81 Å². The van der Waals surface area contributed by atoms with Crippen molar-refractivity contribution in [1.82, 2.24) is 9.97 Å². The van der Waals surface area contributed by atoms with Crippen LogP contribution >= 0.6 is 0 Å². The Balaban J connectivity index is 2.45. The van der Waals surface area contributed by atoms with Crippen LogP contribution in [0, 0.1) is 5.82 Å². The molecule has 0 saturated carbocycles. The normalized spacial score (nSPS) is 10.3. The van der Waals surface area contributed by atoms with Gasteiger partial charge in [-0.25, -0.2) is 9.37 Å². The molecule has 1 N–H and O–H groups in total. The molecule has 2 heterocycles. The summed E-state index contributed by atoms with van der Waals surface area (Å²) in [6, 6.07) is 1.36. The van der Waals surface area contributed by atoms with Crippen LogP contribution in [0.5, 0.6) is 0 Å². The van der Waals surface area contributed by atoms with E-state index in [1.54, 1.807) is 0 Å². The zero-order chi connectivity index (χ0) is 7.68. The Morgan fingerprint density at radius 2 is 2.45 bits per heavy atom. The molecule has 4 heteroatoms. The summed E-state index contributed by atoms with van der Waals surface area (Å²) in [5.74, 6) is -0.303. The summed E-state index contributed by atoms with van der Waals surface area (Å²) >= 11 is 0. The molecule has 0 fully saturated rings. The van der Waals surface area contributed by atoms with Gasteiger partial charge in [-0.15, -0.1) is 0 Å². The number of hydrogen-bond acceptors (Lipinski definition) is 2. The lowest BCUT2D eigenvalue weighted by Crippen LogP contribution is -1.73. The summed E-state index contributed by atoms with van der Waals surface area (Å²) in [6.07, 6.45) is 4.02. The molecule has 56 valence electrons. The summed E-state index contributed by atoms with van der Waals surface area (Å²) in [5.41, 5.74) is 1.23. The maximum atomic E-state index is 12.4. The van der Waals surface area contributed by atoms with Crippen LogP contribution in [0.15, 0.2) is 29.3 Å². The average Bonchev–Trinajstić information content (AvgIpc) is 2.55. The molecule has 2 aromatic heterocycles. The van der Waals surface area contributed by atoms with Crippen LogP contribution in [0.2, 0.25) is 0 Å². The quantitative estimate of drug-likeness (QED) is 0.677. The molecular weight excluding hydrogens is 147 g/mol. The molecule has 2 aromatic rings. The first-order valence-electron chi connectivity index (χ1n) is 3.09. The second-order valence-electron chi connectivity index (χ2n) is 2.11. The molecule has 0 radical (unpaired) electrons. The summed E-state index contributed by atoms with van der Waals surface area (Å²) in [6.45, 7) is 0. The van der Waals surface area contributed by atoms with Gasteiger partial charge >= 0.3 is 0 Å². The van der Waals surface area contributed by atoms with Crippen LogP contribution in [-0.4, -0.2) is 9.97 Å². The molecule has 0 aromatic carbocycles. The van der Waals surface area contributed by atoms with Gasteiger partial charge in [0.05, 0.1) is 5.69 Å². The summed E-state index contributed by atoms with van der Waals surface area (Å²) in [4.78, 5) is 6.55. The van der Waals surface area contributed by atoms with Gasteiger partial charge in [-0.1, -0.05) is 0 Å². The molecule has 2 rings (SSSR count). The van der Waals surface area contributed by atoms with Gasteiger partial charge in [0.15, 0.2) is 6.39 Å². The van der Waals surface area contributed by atoms with Gasteiger partial charge in [0.25, 0.3) is 0 Å². The van der Waals surface area contributed by atoms with E-state index in [-0.39, 0.29) is 5.82 Å². The number of hydrogen-bond donors (Lipinski definition) is 1. The van der Waals surface area contributed by atoms with Gasteiger partial charge < -0.3 is 9.40 Å². The third-order valence-electron chi connectivity index (χ3n) is 1.36. The molecule has 0 amide bonds. The fourth-order valence-corrected chi connectivity index (χ4v) is 0.861. The second-order valence-corrected chi connectivity index (χ2v) is 2.11. The minimum absolute atomic E-state index is 0.303. The highest BCUT2D eigenvalue weighted by Crippen LogP contribution is 2.15. The van der Waals surface area contributed by atoms with Crippen molar-refractivity contribution in [2.24, 2.45) is 0 Å². The number of H-pyrrole nitrogens is 1. The summed E-state index contributed by atoms with van der Waals surface area (Å²) in [5, 5.41) is 0. The largest absolute Gasteiger partial charge is 0.451 e. The van der Waals surface area contributed by atoms with Crippen molar-refractivity contribution in [2.75, 3.05) is 0 Å². The van der Waals surface area contributed by atoms with Crippen molar-refractivity contribution in [1.29, 1.82) is 0 Å². The van der Waals surface area contributed by atoms with Crippen molar-refractivity contribution in [3.8, 4) is 11.4 Å². The van der Waals surface area contributed by atoms with Crippen molar-refractivity contribution >= 4 is 0 Å². The van der Waals surface area contributed by atoms with Gasteiger partial charge in [-0.2, -0.15) is 0 Å². The molecule has 3 nitrogen and oxygen atoms in total. The van der Waals surface area contributed by atoms with E-state index in [1.807, 2.05) is 0 Å². The van der Waals surface area contributed by atoms with Crippen molar-refractivity contribution in [2.45, 2.75) is 0 Å². The SMILES string of the molecule is Fc1c[nH]c(-c2cocn2)c1. The Labute approximate surface area is 61.9 Å². The van der Waals surface area contributed by atoms with E-state index in [9.17, 15) is 4.39 Å². The molecule has 0 aliphatic carbocycles. The van der Waals surface area contributed by atoms with Crippen LogP contribution in [0.4, 0.5) is 4.39 Å². The number of rotatable bonds is 1. The molecule has 0 aliphatic rings. The maximum Gasteiger partial charge on any atom is 0.181 e. The van der Waals surface area contributed by atoms with Crippen LogP contribution in [0.25, 0.3) is 11.4 Å². The monoisotopic (exact) mass is 152 g/mol.